The summed E-state index contributed by atoms with van der Waals surface area (Å²) in [6, 6.07) is 0. The number of ether oxygens (including phenoxy) is 1. The molecule has 0 unspecified atom stereocenters. The highest BCUT2D eigenvalue weighted by atomic mass is 127. The first kappa shape index (κ1) is 22.9. The number of morpholine rings is 1. The molecule has 2 aliphatic rings. The fraction of sp³-hybridized carbons (Fsp3) is 0.944. The molecule has 2 N–H and O–H groups in total. The van der Waals surface area contributed by atoms with Gasteiger partial charge in [-0.1, -0.05) is 19.3 Å². The average molecular weight is 467 g/mol. The molecule has 0 bridgehead atoms. The van der Waals surface area contributed by atoms with Crippen LogP contribution in [-0.4, -0.2) is 88.4 Å². The van der Waals surface area contributed by atoms with Crippen LogP contribution in [0.25, 0.3) is 0 Å². The van der Waals surface area contributed by atoms with E-state index in [4.69, 9.17) is 4.74 Å². The van der Waals surface area contributed by atoms with E-state index >= 15 is 0 Å². The summed E-state index contributed by atoms with van der Waals surface area (Å²) in [6.45, 7) is 6.93. The van der Waals surface area contributed by atoms with Gasteiger partial charge in [0.15, 0.2) is 5.96 Å². The molecule has 1 saturated heterocycles. The lowest BCUT2D eigenvalue weighted by Crippen LogP contribution is -2.60. The van der Waals surface area contributed by atoms with Crippen LogP contribution in [0.3, 0.4) is 0 Å². The van der Waals surface area contributed by atoms with Gasteiger partial charge in [-0.05, 0) is 39.9 Å². The SMILES string of the molecule is CN=C(NCCCN(C)C)NCC1(N2CCOCC2)CCCCC1.I. The predicted molar refractivity (Wildman–Crippen MR) is 116 cm³/mol. The lowest BCUT2D eigenvalue weighted by molar-refractivity contribution is -0.0352. The Morgan fingerprint density at radius 3 is 2.40 bits per heavy atom. The maximum Gasteiger partial charge on any atom is 0.191 e. The van der Waals surface area contributed by atoms with Crippen LogP contribution in [0.5, 0.6) is 0 Å². The number of nitrogens with zero attached hydrogens (tertiary/aromatic N) is 3. The second-order valence-corrected chi connectivity index (χ2v) is 7.39. The van der Waals surface area contributed by atoms with Gasteiger partial charge in [-0.15, -0.1) is 24.0 Å². The zero-order valence-electron chi connectivity index (χ0n) is 16.4. The smallest absolute Gasteiger partial charge is 0.191 e. The van der Waals surface area contributed by atoms with Gasteiger partial charge in [-0.3, -0.25) is 9.89 Å². The molecule has 25 heavy (non-hydrogen) atoms. The first-order valence-corrected chi connectivity index (χ1v) is 9.58. The van der Waals surface area contributed by atoms with Crippen LogP contribution in [0, 0.1) is 0 Å². The molecule has 6 nitrogen and oxygen atoms in total. The molecule has 0 aromatic rings. The van der Waals surface area contributed by atoms with Crippen molar-refractivity contribution in [1.29, 1.82) is 0 Å². The van der Waals surface area contributed by atoms with Crippen molar-refractivity contribution in [2.45, 2.75) is 44.1 Å². The van der Waals surface area contributed by atoms with Crippen LogP contribution < -0.4 is 10.6 Å². The monoisotopic (exact) mass is 467 g/mol. The molecule has 0 aromatic carbocycles. The first-order valence-electron chi connectivity index (χ1n) is 9.58. The summed E-state index contributed by atoms with van der Waals surface area (Å²) in [5.74, 6) is 0.937. The summed E-state index contributed by atoms with van der Waals surface area (Å²) in [6.07, 6.45) is 7.77. The Bertz CT molecular complexity index is 380. The van der Waals surface area contributed by atoms with E-state index in [2.05, 4.69) is 39.5 Å². The van der Waals surface area contributed by atoms with E-state index in [1.54, 1.807) is 0 Å². The van der Waals surface area contributed by atoms with Crippen molar-refractivity contribution in [2.24, 2.45) is 4.99 Å². The van der Waals surface area contributed by atoms with E-state index in [-0.39, 0.29) is 29.5 Å². The molecule has 0 amide bonds. The quantitative estimate of drug-likeness (QED) is 0.259. The minimum atomic E-state index is 0. The topological polar surface area (TPSA) is 52.1 Å². The summed E-state index contributed by atoms with van der Waals surface area (Å²) in [4.78, 5) is 9.29. The zero-order chi connectivity index (χ0) is 17.3. The summed E-state index contributed by atoms with van der Waals surface area (Å²) in [5, 5.41) is 7.06. The molecule has 1 heterocycles. The van der Waals surface area contributed by atoms with Gasteiger partial charge in [0.05, 0.1) is 13.2 Å². The standard InChI is InChI=1S/C18H37N5O.HI/c1-19-17(20-10-7-11-22(2)3)21-16-18(8-5-4-6-9-18)23-12-14-24-15-13-23;/h4-16H2,1-3H3,(H2,19,20,21);1H. The minimum Gasteiger partial charge on any atom is -0.379 e. The first-order chi connectivity index (χ1) is 11.7. The van der Waals surface area contributed by atoms with Crippen molar-refractivity contribution in [3.8, 4) is 0 Å². The van der Waals surface area contributed by atoms with E-state index in [0.29, 0.717) is 0 Å². The van der Waals surface area contributed by atoms with Crippen molar-refractivity contribution in [1.82, 2.24) is 20.4 Å². The van der Waals surface area contributed by atoms with Gasteiger partial charge in [0.25, 0.3) is 0 Å². The number of hydrogen-bond acceptors (Lipinski definition) is 4. The van der Waals surface area contributed by atoms with Gasteiger partial charge in [0, 0.05) is 38.8 Å². The Labute approximate surface area is 171 Å². The highest BCUT2D eigenvalue weighted by Crippen LogP contribution is 2.33. The average Bonchev–Trinajstić information content (AvgIpc) is 2.62. The van der Waals surface area contributed by atoms with Crippen molar-refractivity contribution in [3.63, 3.8) is 0 Å². The van der Waals surface area contributed by atoms with Gasteiger partial charge >= 0.3 is 0 Å². The lowest BCUT2D eigenvalue weighted by Gasteiger charge is -2.48. The number of rotatable bonds is 7. The summed E-state index contributed by atoms with van der Waals surface area (Å²) < 4.78 is 5.56. The second kappa shape index (κ2) is 12.3. The molecular weight excluding hydrogens is 429 g/mol. The third-order valence-electron chi connectivity index (χ3n) is 5.35. The Balaban J connectivity index is 0.00000312. The second-order valence-electron chi connectivity index (χ2n) is 7.39. The lowest BCUT2D eigenvalue weighted by atomic mass is 9.80. The number of hydrogen-bond donors (Lipinski definition) is 2. The molecule has 0 radical (unpaired) electrons. The van der Waals surface area contributed by atoms with Gasteiger partial charge in [-0.2, -0.15) is 0 Å². The van der Waals surface area contributed by atoms with Gasteiger partial charge in [-0.25, -0.2) is 0 Å². The van der Waals surface area contributed by atoms with E-state index < -0.39 is 0 Å². The third-order valence-corrected chi connectivity index (χ3v) is 5.35. The Hall–Kier alpha value is -0.120. The maximum absolute atomic E-state index is 5.56. The van der Waals surface area contributed by atoms with Crippen LogP contribution in [0.15, 0.2) is 4.99 Å². The fourth-order valence-electron chi connectivity index (χ4n) is 3.92. The van der Waals surface area contributed by atoms with Crippen molar-refractivity contribution >= 4 is 29.9 Å². The maximum atomic E-state index is 5.56. The largest absolute Gasteiger partial charge is 0.379 e. The van der Waals surface area contributed by atoms with E-state index in [1.165, 1.54) is 32.1 Å². The molecule has 1 aliphatic heterocycles. The van der Waals surface area contributed by atoms with Crippen molar-refractivity contribution in [3.05, 3.63) is 0 Å². The van der Waals surface area contributed by atoms with Crippen LogP contribution in [0.1, 0.15) is 38.5 Å². The molecular formula is C18H38IN5O. The number of guanidine groups is 1. The number of aliphatic imine (C=N–C) groups is 1. The van der Waals surface area contributed by atoms with Crippen LogP contribution in [0.2, 0.25) is 0 Å². The molecule has 1 saturated carbocycles. The van der Waals surface area contributed by atoms with Crippen molar-refractivity contribution < 1.29 is 4.74 Å². The van der Waals surface area contributed by atoms with Crippen LogP contribution >= 0.6 is 24.0 Å². The normalized spacial score (nSPS) is 21.7. The fourth-order valence-corrected chi connectivity index (χ4v) is 3.92. The van der Waals surface area contributed by atoms with E-state index in [0.717, 1.165) is 58.3 Å². The molecule has 0 aromatic heterocycles. The molecule has 148 valence electrons. The minimum absolute atomic E-state index is 0. The van der Waals surface area contributed by atoms with Crippen LogP contribution in [0.4, 0.5) is 0 Å². The van der Waals surface area contributed by atoms with E-state index in [1.807, 2.05) is 7.05 Å². The number of halogens is 1. The summed E-state index contributed by atoms with van der Waals surface area (Å²) >= 11 is 0. The summed E-state index contributed by atoms with van der Waals surface area (Å²) in [5.41, 5.74) is 0.281. The summed E-state index contributed by atoms with van der Waals surface area (Å²) in [7, 11) is 6.09. The van der Waals surface area contributed by atoms with Gasteiger partial charge < -0.3 is 20.3 Å². The molecule has 1 aliphatic carbocycles. The van der Waals surface area contributed by atoms with Crippen LogP contribution in [-0.2, 0) is 4.74 Å². The molecule has 0 spiro atoms. The zero-order valence-corrected chi connectivity index (χ0v) is 18.7. The molecule has 0 atom stereocenters. The highest BCUT2D eigenvalue weighted by Gasteiger charge is 2.38. The highest BCUT2D eigenvalue weighted by molar-refractivity contribution is 14.0. The third kappa shape index (κ3) is 7.56. The Morgan fingerprint density at radius 2 is 1.80 bits per heavy atom. The Kier molecular flexibility index (Phi) is 11.3. The van der Waals surface area contributed by atoms with E-state index in [9.17, 15) is 0 Å². The molecule has 7 heteroatoms. The molecule has 2 fully saturated rings. The van der Waals surface area contributed by atoms with Gasteiger partial charge in [0.1, 0.15) is 0 Å². The van der Waals surface area contributed by atoms with Gasteiger partial charge in [0.2, 0.25) is 0 Å². The number of nitrogens with one attached hydrogen (secondary N) is 2. The predicted octanol–water partition coefficient (Wildman–Crippen LogP) is 1.76. The molecule has 2 rings (SSSR count). The van der Waals surface area contributed by atoms with Crippen molar-refractivity contribution in [2.75, 3.05) is 67.1 Å². The Morgan fingerprint density at radius 1 is 1.12 bits per heavy atom.